The highest BCUT2D eigenvalue weighted by molar-refractivity contribution is 7.91. The van der Waals surface area contributed by atoms with E-state index in [4.69, 9.17) is 4.98 Å². The molecule has 1 amide bonds. The van der Waals surface area contributed by atoms with Crippen molar-refractivity contribution in [1.82, 2.24) is 4.98 Å². The molecule has 0 saturated carbocycles. The van der Waals surface area contributed by atoms with Crippen LogP contribution in [0, 0.1) is 0 Å². The monoisotopic (exact) mass is 464 g/mol. The number of sulfone groups is 1. The summed E-state index contributed by atoms with van der Waals surface area (Å²) in [5.41, 5.74) is 3.34. The van der Waals surface area contributed by atoms with Crippen LogP contribution < -0.4 is 4.90 Å². The van der Waals surface area contributed by atoms with Crippen LogP contribution in [-0.4, -0.2) is 25.1 Å². The number of hydrogen-bond donors (Lipinski definition) is 0. The molecule has 32 heavy (non-hydrogen) atoms. The molecule has 1 aromatic heterocycles. The first kappa shape index (κ1) is 22.2. The molecule has 0 fully saturated rings. The van der Waals surface area contributed by atoms with Crippen molar-refractivity contribution in [3.8, 4) is 0 Å². The fourth-order valence-corrected chi connectivity index (χ4v) is 5.38. The minimum absolute atomic E-state index is 0.0179. The summed E-state index contributed by atoms with van der Waals surface area (Å²) in [5.74, 6) is -0.299. The smallest absolute Gasteiger partial charge is 0.260 e. The largest absolute Gasteiger partial charge is 0.279 e. The number of fused-ring (bicyclic) bond motifs is 1. The van der Waals surface area contributed by atoms with Crippen LogP contribution >= 0.6 is 11.3 Å². The topological polar surface area (TPSA) is 67.3 Å². The molecule has 0 radical (unpaired) electrons. The Balaban J connectivity index is 1.78. The Morgan fingerprint density at radius 3 is 2.44 bits per heavy atom. The van der Waals surface area contributed by atoms with Crippen molar-refractivity contribution >= 4 is 42.4 Å². The van der Waals surface area contributed by atoms with Gasteiger partial charge in [0.05, 0.1) is 27.4 Å². The molecule has 3 aromatic carbocycles. The Labute approximate surface area is 192 Å². The Hall–Kier alpha value is -3.03. The first-order valence-electron chi connectivity index (χ1n) is 10.5. The fraction of sp³-hybridized carbons (Fsp3) is 0.200. The molecule has 4 rings (SSSR count). The second kappa shape index (κ2) is 9.22. The second-order valence-electron chi connectivity index (χ2n) is 7.46. The summed E-state index contributed by atoms with van der Waals surface area (Å²) >= 11 is 1.47. The first-order valence-corrected chi connectivity index (χ1v) is 13.0. The number of rotatable bonds is 7. The summed E-state index contributed by atoms with van der Waals surface area (Å²) in [4.78, 5) is 20.1. The summed E-state index contributed by atoms with van der Waals surface area (Å²) < 4.78 is 25.7. The van der Waals surface area contributed by atoms with Gasteiger partial charge in [0, 0.05) is 5.56 Å². The molecule has 0 N–H and O–H groups in total. The van der Waals surface area contributed by atoms with Crippen molar-refractivity contribution in [2.75, 3.05) is 10.7 Å². The van der Waals surface area contributed by atoms with Crippen LogP contribution in [0.1, 0.15) is 35.3 Å². The van der Waals surface area contributed by atoms with Gasteiger partial charge in [-0.05, 0) is 47.9 Å². The maximum absolute atomic E-state index is 13.6. The lowest BCUT2D eigenvalue weighted by Gasteiger charge is -2.20. The Morgan fingerprint density at radius 1 is 0.938 bits per heavy atom. The summed E-state index contributed by atoms with van der Waals surface area (Å²) in [6.07, 6.45) is 0.925. The predicted molar refractivity (Wildman–Crippen MR) is 130 cm³/mol. The van der Waals surface area contributed by atoms with Gasteiger partial charge in [0.2, 0.25) is 0 Å². The average Bonchev–Trinajstić information content (AvgIpc) is 3.25. The van der Waals surface area contributed by atoms with Gasteiger partial charge in [0.1, 0.15) is 0 Å². The van der Waals surface area contributed by atoms with Crippen LogP contribution in [0.4, 0.5) is 5.13 Å². The Morgan fingerprint density at radius 2 is 1.72 bits per heavy atom. The zero-order valence-electron chi connectivity index (χ0n) is 18.0. The number of benzene rings is 3. The number of nitrogens with zero attached hydrogens (tertiary/aromatic N) is 2. The molecule has 0 bridgehead atoms. The molecule has 0 saturated heterocycles. The summed E-state index contributed by atoms with van der Waals surface area (Å²) in [5, 5.41) is 0.589. The van der Waals surface area contributed by atoms with Gasteiger partial charge >= 0.3 is 0 Å². The summed E-state index contributed by atoms with van der Waals surface area (Å²) in [6.45, 7) is 4.04. The maximum Gasteiger partial charge on any atom is 0.260 e. The number of amides is 1. The van der Waals surface area contributed by atoms with Crippen molar-refractivity contribution in [3.63, 3.8) is 0 Å². The zero-order valence-corrected chi connectivity index (χ0v) is 19.6. The SMILES string of the molecule is CCc1ccc2nc(N(Cc3ccccc3)C(=O)c3cccc(S(=O)(=O)CC)c3)sc2c1. The fourth-order valence-electron chi connectivity index (χ4n) is 3.43. The van der Waals surface area contributed by atoms with Gasteiger partial charge in [-0.2, -0.15) is 0 Å². The quantitative estimate of drug-likeness (QED) is 0.362. The molecular weight excluding hydrogens is 440 g/mol. The highest BCUT2D eigenvalue weighted by atomic mass is 32.2. The van der Waals surface area contributed by atoms with Crippen LogP contribution in [0.25, 0.3) is 10.2 Å². The van der Waals surface area contributed by atoms with E-state index in [-0.39, 0.29) is 16.6 Å². The third-order valence-electron chi connectivity index (χ3n) is 5.33. The molecule has 164 valence electrons. The molecule has 5 nitrogen and oxygen atoms in total. The van der Waals surface area contributed by atoms with Gasteiger partial charge in [-0.25, -0.2) is 13.4 Å². The van der Waals surface area contributed by atoms with Gasteiger partial charge in [-0.1, -0.05) is 67.6 Å². The van der Waals surface area contributed by atoms with E-state index in [2.05, 4.69) is 13.0 Å². The minimum atomic E-state index is -3.42. The van der Waals surface area contributed by atoms with Gasteiger partial charge in [0.15, 0.2) is 15.0 Å². The summed E-state index contributed by atoms with van der Waals surface area (Å²) in [6, 6.07) is 22.1. The van der Waals surface area contributed by atoms with Crippen LogP contribution in [-0.2, 0) is 22.8 Å². The van der Waals surface area contributed by atoms with Crippen molar-refractivity contribution in [2.45, 2.75) is 31.7 Å². The van der Waals surface area contributed by atoms with E-state index in [1.54, 1.807) is 24.0 Å². The average molecular weight is 465 g/mol. The normalized spacial score (nSPS) is 11.6. The van der Waals surface area contributed by atoms with Crippen molar-refractivity contribution in [3.05, 3.63) is 89.5 Å². The van der Waals surface area contributed by atoms with Crippen LogP contribution in [0.2, 0.25) is 0 Å². The predicted octanol–water partition coefficient (Wildman–Crippen LogP) is 5.50. The van der Waals surface area contributed by atoms with Crippen LogP contribution in [0.15, 0.2) is 77.7 Å². The number of carbonyl (C=O) groups excluding carboxylic acids is 1. The Kier molecular flexibility index (Phi) is 6.39. The van der Waals surface area contributed by atoms with E-state index in [0.29, 0.717) is 17.2 Å². The van der Waals surface area contributed by atoms with Gasteiger partial charge in [-0.3, -0.25) is 9.69 Å². The molecule has 7 heteroatoms. The molecule has 0 unspecified atom stereocenters. The lowest BCUT2D eigenvalue weighted by atomic mass is 10.1. The highest BCUT2D eigenvalue weighted by Crippen LogP contribution is 2.32. The van der Waals surface area contributed by atoms with Crippen LogP contribution in [0.5, 0.6) is 0 Å². The van der Waals surface area contributed by atoms with E-state index in [0.717, 1.165) is 22.2 Å². The van der Waals surface area contributed by atoms with E-state index < -0.39 is 9.84 Å². The molecule has 0 aliphatic heterocycles. The summed E-state index contributed by atoms with van der Waals surface area (Å²) in [7, 11) is -3.42. The van der Waals surface area contributed by atoms with Crippen molar-refractivity contribution in [1.29, 1.82) is 0 Å². The highest BCUT2D eigenvalue weighted by Gasteiger charge is 2.23. The number of hydrogen-bond acceptors (Lipinski definition) is 5. The molecule has 0 atom stereocenters. The minimum Gasteiger partial charge on any atom is -0.279 e. The number of carbonyl (C=O) groups is 1. The molecule has 1 heterocycles. The third-order valence-corrected chi connectivity index (χ3v) is 8.10. The van der Waals surface area contributed by atoms with E-state index in [1.165, 1.54) is 29.0 Å². The van der Waals surface area contributed by atoms with Crippen molar-refractivity contribution < 1.29 is 13.2 Å². The van der Waals surface area contributed by atoms with Crippen molar-refractivity contribution in [2.24, 2.45) is 0 Å². The maximum atomic E-state index is 13.6. The Bertz CT molecular complexity index is 1360. The number of anilines is 1. The van der Waals surface area contributed by atoms with E-state index in [9.17, 15) is 13.2 Å². The molecule has 0 aliphatic carbocycles. The van der Waals surface area contributed by atoms with E-state index in [1.807, 2.05) is 42.5 Å². The second-order valence-corrected chi connectivity index (χ2v) is 10.7. The van der Waals surface area contributed by atoms with Crippen LogP contribution in [0.3, 0.4) is 0 Å². The number of aryl methyl sites for hydroxylation is 1. The zero-order chi connectivity index (χ0) is 22.7. The molecular formula is C25H24N2O3S2. The first-order chi connectivity index (χ1) is 15.4. The molecule has 4 aromatic rings. The molecule has 0 aliphatic rings. The standard InChI is InChI=1S/C25H24N2O3S2/c1-3-18-13-14-22-23(15-18)31-25(26-22)27(17-19-9-6-5-7-10-19)24(28)20-11-8-12-21(16-20)32(29,30)4-2/h5-16H,3-4,17H2,1-2H3. The van der Waals surface area contributed by atoms with E-state index >= 15 is 0 Å². The third kappa shape index (κ3) is 4.59. The van der Waals surface area contributed by atoms with Gasteiger partial charge < -0.3 is 0 Å². The lowest BCUT2D eigenvalue weighted by molar-refractivity contribution is 0.0985. The molecule has 0 spiro atoms. The van der Waals surface area contributed by atoms with Gasteiger partial charge in [0.25, 0.3) is 5.91 Å². The number of aromatic nitrogens is 1. The number of thiazole rings is 1. The lowest BCUT2D eigenvalue weighted by Crippen LogP contribution is -2.30. The van der Waals surface area contributed by atoms with Gasteiger partial charge in [-0.15, -0.1) is 0 Å².